The van der Waals surface area contributed by atoms with Crippen molar-refractivity contribution in [3.63, 3.8) is 0 Å². The number of fused-ring (bicyclic) bond motifs is 1. The first-order valence-electron chi connectivity index (χ1n) is 12.3. The summed E-state index contributed by atoms with van der Waals surface area (Å²) in [4.78, 5) is 20.7. The van der Waals surface area contributed by atoms with Crippen molar-refractivity contribution in [3.05, 3.63) is 47.5 Å². The van der Waals surface area contributed by atoms with Gasteiger partial charge < -0.3 is 36.1 Å². The van der Waals surface area contributed by atoms with Crippen LogP contribution in [-0.2, 0) is 29.1 Å². The number of nitrogens with one attached hydrogen (secondary N) is 1. The Kier molecular flexibility index (Phi) is 13.1. The largest absolute Gasteiger partial charge is 0.497 e. The molecule has 226 valence electrons. The summed E-state index contributed by atoms with van der Waals surface area (Å²) in [7, 11) is 1.60. The smallest absolute Gasteiger partial charge is 0.386 e. The number of benzene rings is 1. The van der Waals surface area contributed by atoms with Gasteiger partial charge >= 0.3 is 6.18 Å². The number of aromatic nitrogens is 4. The number of rotatable bonds is 14. The van der Waals surface area contributed by atoms with Crippen LogP contribution in [0.5, 0.6) is 5.75 Å². The first kappa shape index (κ1) is 33.5. The Balaban J connectivity index is 0.00000108. The number of hydrogen-bond donors (Lipinski definition) is 4. The second kappa shape index (κ2) is 16.0. The summed E-state index contributed by atoms with van der Waals surface area (Å²) in [5.74, 6) is 0.782. The highest BCUT2D eigenvalue weighted by Gasteiger charge is 2.26. The van der Waals surface area contributed by atoms with Crippen molar-refractivity contribution in [1.82, 2.24) is 19.9 Å². The van der Waals surface area contributed by atoms with Gasteiger partial charge in [0.15, 0.2) is 33.5 Å². The monoisotopic (exact) mass is 604 g/mol. The molecule has 16 heteroatoms. The third-order valence-corrected chi connectivity index (χ3v) is 5.57. The Morgan fingerprint density at radius 3 is 2.46 bits per heavy atom. The van der Waals surface area contributed by atoms with E-state index in [0.29, 0.717) is 38.7 Å². The average Bonchev–Trinajstić information content (AvgIpc) is 3.19. The van der Waals surface area contributed by atoms with E-state index < -0.39 is 12.1 Å². The van der Waals surface area contributed by atoms with Gasteiger partial charge in [0.1, 0.15) is 25.4 Å². The summed E-state index contributed by atoms with van der Waals surface area (Å²) in [6.07, 6.45) is -2.23. The third kappa shape index (κ3) is 10.4. The predicted molar refractivity (Wildman–Crippen MR) is 146 cm³/mol. The molecule has 3 aromatic rings. The Bertz CT molecular complexity index is 1320. The van der Waals surface area contributed by atoms with E-state index in [4.69, 9.17) is 42.4 Å². The van der Waals surface area contributed by atoms with Crippen LogP contribution >= 0.6 is 11.6 Å². The van der Waals surface area contributed by atoms with Gasteiger partial charge in [-0.15, -0.1) is 0 Å². The average molecular weight is 605 g/mol. The highest BCUT2D eigenvalue weighted by molar-refractivity contribution is 6.31. The molecule has 6 N–H and O–H groups in total. The van der Waals surface area contributed by atoms with Gasteiger partial charge in [0.05, 0.1) is 40.1 Å². The Morgan fingerprint density at radius 1 is 1.20 bits per heavy atom. The molecule has 0 fully saturated rings. The minimum atomic E-state index is -4.00. The standard InChI is InChI=1S/C23H30ClN7O5.C2H3F3/c1-3-6-30-17-13-15(34-2)4-5-16(17)31(7-9-35-11-12-36-10-8-32)18(30)14-27-23(33)19-21(25)29-22(26)20(24)28-19;1-2(3,4)5/h3-5,13,32H,1,6-12,14H2,2H3,(H4-,25,26,27,29,33);1H3/p+1. The fraction of sp³-hybridized carbons (Fsp3) is 0.440. The van der Waals surface area contributed by atoms with Gasteiger partial charge in [-0.2, -0.15) is 13.2 Å². The number of aliphatic hydroxyl groups excluding tert-OH is 1. The molecule has 2 aromatic heterocycles. The molecular weight excluding hydrogens is 571 g/mol. The second-order valence-electron chi connectivity index (χ2n) is 8.37. The molecule has 0 bridgehead atoms. The Hall–Kier alpha value is -3.66. The van der Waals surface area contributed by atoms with E-state index in [0.717, 1.165) is 16.9 Å². The number of carbonyl (C=O) groups is 1. The molecule has 1 amide bonds. The number of allylic oxidation sites excluding steroid dienone is 1. The van der Waals surface area contributed by atoms with Crippen molar-refractivity contribution < 1.29 is 41.8 Å². The zero-order chi connectivity index (χ0) is 30.6. The van der Waals surface area contributed by atoms with Crippen LogP contribution in [-0.4, -0.2) is 71.9 Å². The Labute approximate surface area is 239 Å². The normalized spacial score (nSPS) is 11.2. The molecule has 0 radical (unpaired) electrons. The number of alkyl halides is 3. The van der Waals surface area contributed by atoms with Crippen molar-refractivity contribution in [2.45, 2.75) is 32.7 Å². The number of halogens is 4. The first-order chi connectivity index (χ1) is 19.4. The second-order valence-corrected chi connectivity index (χ2v) is 8.73. The van der Waals surface area contributed by atoms with Crippen LogP contribution in [0.15, 0.2) is 30.9 Å². The summed E-state index contributed by atoms with van der Waals surface area (Å²) >= 11 is 5.93. The summed E-state index contributed by atoms with van der Waals surface area (Å²) in [5.41, 5.74) is 13.2. The van der Waals surface area contributed by atoms with Crippen LogP contribution in [0.3, 0.4) is 0 Å². The maximum atomic E-state index is 12.9. The molecule has 3 rings (SSSR count). The first-order valence-corrected chi connectivity index (χ1v) is 12.7. The number of carbonyl (C=O) groups excluding carboxylic acids is 1. The van der Waals surface area contributed by atoms with Crippen LogP contribution < -0.4 is 26.1 Å². The highest BCUT2D eigenvalue weighted by Crippen LogP contribution is 2.22. The SMILES string of the molecule is C=CCn1c(CNC(=O)c2nc(Cl)c(N)nc2N)[n+](CCOCCOCCO)c2ccc(OC)cc21.CC(F)(F)F. The number of nitrogen functional groups attached to an aromatic ring is 2. The van der Waals surface area contributed by atoms with E-state index >= 15 is 0 Å². The van der Waals surface area contributed by atoms with Crippen molar-refractivity contribution in [3.8, 4) is 5.75 Å². The molecule has 0 atom stereocenters. The van der Waals surface area contributed by atoms with Gasteiger partial charge in [0.2, 0.25) is 0 Å². The number of anilines is 2. The molecule has 2 heterocycles. The van der Waals surface area contributed by atoms with E-state index in [1.54, 1.807) is 13.2 Å². The van der Waals surface area contributed by atoms with Gasteiger partial charge in [-0.3, -0.25) is 4.79 Å². The highest BCUT2D eigenvalue weighted by atomic mass is 35.5. The molecule has 0 unspecified atom stereocenters. The molecule has 0 aliphatic heterocycles. The minimum Gasteiger partial charge on any atom is -0.497 e. The van der Waals surface area contributed by atoms with Crippen molar-refractivity contribution in [1.29, 1.82) is 0 Å². The van der Waals surface area contributed by atoms with Gasteiger partial charge in [0, 0.05) is 13.0 Å². The number of nitrogens with zero attached hydrogens (tertiary/aromatic N) is 4. The number of aliphatic hydroxyl groups is 1. The summed E-state index contributed by atoms with van der Waals surface area (Å²) in [5, 5.41) is 11.5. The maximum absolute atomic E-state index is 12.9. The quantitative estimate of drug-likeness (QED) is 0.123. The lowest BCUT2D eigenvalue weighted by Gasteiger charge is -2.09. The van der Waals surface area contributed by atoms with E-state index in [2.05, 4.69) is 26.4 Å². The zero-order valence-corrected chi connectivity index (χ0v) is 23.5. The molecule has 1 aromatic carbocycles. The maximum Gasteiger partial charge on any atom is 0.386 e. The number of imidazole rings is 1. The number of nitrogens with two attached hydrogens (primary N) is 2. The van der Waals surface area contributed by atoms with Crippen molar-refractivity contribution >= 4 is 40.2 Å². The fourth-order valence-electron chi connectivity index (χ4n) is 3.67. The summed E-state index contributed by atoms with van der Waals surface area (Å²) in [6, 6.07) is 5.75. The van der Waals surface area contributed by atoms with Crippen molar-refractivity contribution in [2.75, 3.05) is 51.6 Å². The lowest BCUT2D eigenvalue weighted by molar-refractivity contribution is -0.681. The van der Waals surface area contributed by atoms with E-state index in [9.17, 15) is 18.0 Å². The number of methoxy groups -OCH3 is 1. The molecule has 0 saturated heterocycles. The van der Waals surface area contributed by atoms with E-state index in [1.165, 1.54) is 0 Å². The molecule has 12 nitrogen and oxygen atoms in total. The van der Waals surface area contributed by atoms with Gasteiger partial charge in [-0.1, -0.05) is 24.3 Å². The number of hydrogen-bond acceptors (Lipinski definition) is 9. The van der Waals surface area contributed by atoms with E-state index in [1.807, 2.05) is 22.8 Å². The predicted octanol–water partition coefficient (Wildman–Crippen LogP) is 2.26. The van der Waals surface area contributed by atoms with Gasteiger partial charge in [-0.05, 0) is 12.1 Å². The van der Waals surface area contributed by atoms with Crippen molar-refractivity contribution in [2.24, 2.45) is 0 Å². The van der Waals surface area contributed by atoms with Crippen LogP contribution in [0.4, 0.5) is 24.8 Å². The lowest BCUT2D eigenvalue weighted by Crippen LogP contribution is -2.43. The Morgan fingerprint density at radius 2 is 1.85 bits per heavy atom. The van der Waals surface area contributed by atoms with Crippen LogP contribution in [0.1, 0.15) is 23.2 Å². The molecule has 0 spiro atoms. The topological polar surface area (TPSA) is 164 Å². The fourth-order valence-corrected chi connectivity index (χ4v) is 3.79. The number of amides is 1. The molecule has 0 aliphatic carbocycles. The lowest BCUT2D eigenvalue weighted by atomic mass is 10.3. The van der Waals surface area contributed by atoms with Crippen LogP contribution in [0, 0.1) is 0 Å². The molecule has 41 heavy (non-hydrogen) atoms. The number of ether oxygens (including phenoxy) is 3. The summed E-state index contributed by atoms with van der Waals surface area (Å²) < 4.78 is 51.5. The minimum absolute atomic E-state index is 0.0307. The molecular formula is C25H34ClF3N7O5+. The van der Waals surface area contributed by atoms with Gasteiger partial charge in [-0.25, -0.2) is 19.1 Å². The zero-order valence-electron chi connectivity index (χ0n) is 22.7. The van der Waals surface area contributed by atoms with Gasteiger partial charge in [0.25, 0.3) is 11.7 Å². The molecule has 0 saturated carbocycles. The van der Waals surface area contributed by atoms with Crippen LogP contribution in [0.2, 0.25) is 5.15 Å². The third-order valence-electron chi connectivity index (χ3n) is 5.29. The summed E-state index contributed by atoms with van der Waals surface area (Å²) in [6.45, 7) is 6.62. The molecule has 0 aliphatic rings. The van der Waals surface area contributed by atoms with Crippen LogP contribution in [0.25, 0.3) is 11.0 Å². The van der Waals surface area contributed by atoms with E-state index in [-0.39, 0.29) is 49.2 Å².